The number of hydrogen-bond donors (Lipinski definition) is 10. The molecule has 13 N–H and O–H groups in total. The van der Waals surface area contributed by atoms with E-state index in [1.165, 1.54) is 0 Å². The highest BCUT2D eigenvalue weighted by molar-refractivity contribution is 5.95. The number of aliphatic carboxylic acids is 1. The van der Waals surface area contributed by atoms with Gasteiger partial charge in [0, 0.05) is 47.2 Å². The van der Waals surface area contributed by atoms with E-state index < -0.39 is 54.5 Å². The van der Waals surface area contributed by atoms with Crippen LogP contribution < -0.4 is 33.2 Å². The molecule has 4 atom stereocenters. The Morgan fingerprint density at radius 3 is 1.85 bits per heavy atom. The van der Waals surface area contributed by atoms with Gasteiger partial charge in [-0.3, -0.25) is 19.4 Å². The first kappa shape index (κ1) is 33.5. The molecule has 4 unspecified atom stereocenters. The minimum absolute atomic E-state index is 0.0197. The fraction of sp³-hybridized carbons (Fsp3) is 0.323. The highest BCUT2D eigenvalue weighted by Gasteiger charge is 2.31. The summed E-state index contributed by atoms with van der Waals surface area (Å²) >= 11 is 0. The van der Waals surface area contributed by atoms with Crippen LogP contribution in [0.25, 0.3) is 21.8 Å². The van der Waals surface area contributed by atoms with Crippen molar-refractivity contribution in [3.63, 3.8) is 0 Å². The first-order chi connectivity index (χ1) is 22.1. The Morgan fingerprint density at radius 1 is 0.761 bits per heavy atom. The number of hydrogen-bond acceptors (Lipinski definition) is 7. The lowest BCUT2D eigenvalue weighted by molar-refractivity contribution is -0.142. The summed E-state index contributed by atoms with van der Waals surface area (Å²) in [7, 11) is 0. The SMILES string of the molecule is NC(N)=NCCCC(NC(=O)C(Cc1c[nH]c2ccccc12)NC(=O)C(CO)NC(=O)C(N)Cc1c[nH]c2ccccc12)C(=O)O. The number of aliphatic hydroxyl groups excluding tert-OH is 1. The number of fused-ring (bicyclic) bond motifs is 2. The Labute approximate surface area is 264 Å². The first-order valence-corrected chi connectivity index (χ1v) is 14.7. The number of aromatic nitrogens is 2. The van der Waals surface area contributed by atoms with Crippen LogP contribution in [-0.4, -0.2) is 87.2 Å². The molecular weight excluding hydrogens is 594 g/mol. The summed E-state index contributed by atoms with van der Waals surface area (Å²) in [4.78, 5) is 61.8. The molecule has 0 radical (unpaired) electrons. The quantitative estimate of drug-likeness (QED) is 0.0426. The van der Waals surface area contributed by atoms with Crippen LogP contribution in [-0.2, 0) is 32.0 Å². The van der Waals surface area contributed by atoms with Crippen LogP contribution in [0, 0.1) is 0 Å². The first-order valence-electron chi connectivity index (χ1n) is 14.7. The summed E-state index contributed by atoms with van der Waals surface area (Å²) in [5.74, 6) is -3.72. The van der Waals surface area contributed by atoms with Gasteiger partial charge in [0.1, 0.15) is 18.1 Å². The number of benzene rings is 2. The van der Waals surface area contributed by atoms with Crippen molar-refractivity contribution >= 4 is 51.5 Å². The maximum atomic E-state index is 13.5. The van der Waals surface area contributed by atoms with E-state index in [0.717, 1.165) is 27.4 Å². The Balaban J connectivity index is 1.47. The summed E-state index contributed by atoms with van der Waals surface area (Å²) < 4.78 is 0. The number of H-pyrrole nitrogens is 2. The van der Waals surface area contributed by atoms with Gasteiger partial charge in [0.2, 0.25) is 17.7 Å². The minimum atomic E-state index is -1.44. The number of carboxylic acids is 1. The Morgan fingerprint density at radius 2 is 1.28 bits per heavy atom. The van der Waals surface area contributed by atoms with Crippen molar-refractivity contribution < 1.29 is 29.4 Å². The van der Waals surface area contributed by atoms with Gasteiger partial charge in [-0.2, -0.15) is 0 Å². The average Bonchev–Trinajstić information content (AvgIpc) is 3.64. The molecule has 3 amide bonds. The zero-order valence-electron chi connectivity index (χ0n) is 25.0. The van der Waals surface area contributed by atoms with Crippen molar-refractivity contribution in [1.82, 2.24) is 25.9 Å². The molecule has 2 aromatic heterocycles. The van der Waals surface area contributed by atoms with Crippen LogP contribution in [0.15, 0.2) is 65.9 Å². The Hall–Kier alpha value is -5.41. The molecule has 2 aromatic carbocycles. The zero-order valence-corrected chi connectivity index (χ0v) is 25.0. The van der Waals surface area contributed by atoms with Crippen LogP contribution in [0.5, 0.6) is 0 Å². The largest absolute Gasteiger partial charge is 0.480 e. The number of rotatable bonds is 16. The number of guanidine groups is 1. The monoisotopic (exact) mass is 633 g/mol. The van der Waals surface area contributed by atoms with Crippen molar-refractivity contribution in [2.45, 2.75) is 49.9 Å². The van der Waals surface area contributed by atoms with E-state index in [1.54, 1.807) is 12.4 Å². The number of aliphatic imine (C=N–C) groups is 1. The van der Waals surface area contributed by atoms with Gasteiger partial charge in [-0.05, 0) is 42.5 Å². The van der Waals surface area contributed by atoms with Crippen molar-refractivity contribution in [1.29, 1.82) is 0 Å². The molecule has 0 aliphatic heterocycles. The minimum Gasteiger partial charge on any atom is -0.480 e. The lowest BCUT2D eigenvalue weighted by atomic mass is 10.0. The van der Waals surface area contributed by atoms with Gasteiger partial charge in [0.25, 0.3) is 0 Å². The Kier molecular flexibility index (Phi) is 11.3. The highest BCUT2D eigenvalue weighted by atomic mass is 16.4. The Bertz CT molecular complexity index is 1710. The molecule has 2 heterocycles. The van der Waals surface area contributed by atoms with Crippen LogP contribution >= 0.6 is 0 Å². The molecule has 0 saturated heterocycles. The normalized spacial score (nSPS) is 13.8. The maximum Gasteiger partial charge on any atom is 0.326 e. The molecule has 0 saturated carbocycles. The van der Waals surface area contributed by atoms with Gasteiger partial charge in [-0.15, -0.1) is 0 Å². The lowest BCUT2D eigenvalue weighted by Crippen LogP contribution is -2.58. The van der Waals surface area contributed by atoms with E-state index in [4.69, 9.17) is 17.2 Å². The van der Waals surface area contributed by atoms with Crippen LogP contribution in [0.4, 0.5) is 0 Å². The smallest absolute Gasteiger partial charge is 0.326 e. The second-order valence-electron chi connectivity index (χ2n) is 10.9. The van der Waals surface area contributed by atoms with E-state index in [0.29, 0.717) is 5.56 Å². The van der Waals surface area contributed by atoms with Gasteiger partial charge in [-0.25, -0.2) is 4.79 Å². The van der Waals surface area contributed by atoms with Crippen LogP contribution in [0.1, 0.15) is 24.0 Å². The second-order valence-corrected chi connectivity index (χ2v) is 10.9. The van der Waals surface area contributed by atoms with E-state index in [1.807, 2.05) is 48.5 Å². The molecule has 0 bridgehead atoms. The van der Waals surface area contributed by atoms with E-state index >= 15 is 0 Å². The summed E-state index contributed by atoms with van der Waals surface area (Å²) in [5.41, 5.74) is 20.0. The predicted octanol–water partition coefficient (Wildman–Crippen LogP) is -0.653. The second kappa shape index (κ2) is 15.5. The van der Waals surface area contributed by atoms with Crippen molar-refractivity contribution in [3.8, 4) is 0 Å². The molecule has 15 heteroatoms. The zero-order chi connectivity index (χ0) is 33.2. The van der Waals surface area contributed by atoms with E-state index in [9.17, 15) is 29.4 Å². The molecule has 46 heavy (non-hydrogen) atoms. The average molecular weight is 634 g/mol. The third-order valence-electron chi connectivity index (χ3n) is 7.56. The van der Waals surface area contributed by atoms with Crippen LogP contribution in [0.3, 0.4) is 0 Å². The summed E-state index contributed by atoms with van der Waals surface area (Å²) in [6, 6.07) is 9.85. The molecule has 4 rings (SSSR count). The third-order valence-corrected chi connectivity index (χ3v) is 7.56. The molecule has 0 fully saturated rings. The molecular formula is C31H39N9O6. The number of nitrogens with one attached hydrogen (secondary N) is 5. The highest BCUT2D eigenvalue weighted by Crippen LogP contribution is 2.20. The molecule has 15 nitrogen and oxygen atoms in total. The van der Waals surface area contributed by atoms with Gasteiger partial charge in [0.15, 0.2) is 5.96 Å². The topological polar surface area (TPSA) is 267 Å². The lowest BCUT2D eigenvalue weighted by Gasteiger charge is -2.24. The van der Waals surface area contributed by atoms with Gasteiger partial charge in [0.05, 0.1) is 12.6 Å². The molecule has 0 aliphatic rings. The number of para-hydroxylation sites is 2. The van der Waals surface area contributed by atoms with Crippen molar-refractivity contribution in [3.05, 3.63) is 72.1 Å². The summed E-state index contributed by atoms with van der Waals surface area (Å²) in [6.45, 7) is -0.612. The molecule has 4 aromatic rings. The number of carbonyl (C=O) groups is 4. The van der Waals surface area contributed by atoms with E-state index in [-0.39, 0.29) is 38.2 Å². The third kappa shape index (κ3) is 8.61. The summed E-state index contributed by atoms with van der Waals surface area (Å²) in [6.07, 6.45) is 3.89. The van der Waals surface area contributed by atoms with Gasteiger partial charge >= 0.3 is 5.97 Å². The molecule has 0 aliphatic carbocycles. The number of nitrogens with two attached hydrogens (primary N) is 3. The maximum absolute atomic E-state index is 13.5. The molecule has 0 spiro atoms. The van der Waals surface area contributed by atoms with Crippen LogP contribution in [0.2, 0.25) is 0 Å². The number of aromatic amines is 2. The number of aliphatic hydroxyl groups is 1. The van der Waals surface area contributed by atoms with Gasteiger partial charge in [-0.1, -0.05) is 36.4 Å². The van der Waals surface area contributed by atoms with Gasteiger partial charge < -0.3 is 53.3 Å². The number of carboxylic acid groups (broad SMARTS) is 1. The predicted molar refractivity (Wildman–Crippen MR) is 172 cm³/mol. The standard InChI is InChI=1S/C31H39N9O6/c32-21(12-17-14-36-22-8-3-1-6-19(17)22)27(42)40-26(16-41)29(44)39-25(13-18-15-37-23-9-4-2-7-20(18)23)28(43)38-24(30(45)46)10-5-11-35-31(33)34/h1-4,6-9,14-15,21,24-26,36-37,41H,5,10-13,16,32H2,(H,38,43)(H,39,44)(H,40,42)(H,45,46)(H4,33,34,35). The van der Waals surface area contributed by atoms with E-state index in [2.05, 4.69) is 30.9 Å². The fourth-order valence-electron chi connectivity index (χ4n) is 5.14. The van der Waals surface area contributed by atoms with Crippen molar-refractivity contribution in [2.75, 3.05) is 13.2 Å². The molecule has 244 valence electrons. The van der Waals surface area contributed by atoms with Crippen molar-refractivity contribution in [2.24, 2.45) is 22.2 Å². The number of carbonyl (C=O) groups excluding carboxylic acids is 3. The summed E-state index contributed by atoms with van der Waals surface area (Å²) in [5, 5.41) is 29.0. The number of nitrogens with zero attached hydrogens (tertiary/aromatic N) is 1. The fourth-order valence-corrected chi connectivity index (χ4v) is 5.14. The number of amides is 3.